The van der Waals surface area contributed by atoms with Gasteiger partial charge in [0.25, 0.3) is 0 Å². The van der Waals surface area contributed by atoms with Gasteiger partial charge in [-0.15, -0.1) is 0 Å². The summed E-state index contributed by atoms with van der Waals surface area (Å²) in [4.78, 5) is 23.4. The topological polar surface area (TPSA) is 91.8 Å². The lowest BCUT2D eigenvalue weighted by atomic mass is 10.3. The Morgan fingerprint density at radius 3 is 2.30 bits per heavy atom. The molecule has 1 atom stereocenters. The lowest BCUT2D eigenvalue weighted by molar-refractivity contribution is -0.146. The van der Waals surface area contributed by atoms with Gasteiger partial charge in [0.15, 0.2) is 9.84 Å². The first-order valence-corrected chi connectivity index (χ1v) is 7.28. The van der Waals surface area contributed by atoms with E-state index in [2.05, 4.69) is 0 Å². The van der Waals surface area contributed by atoms with E-state index >= 15 is 0 Å². The van der Waals surface area contributed by atoms with Gasteiger partial charge in [-0.25, -0.2) is 13.2 Å². The normalized spacial score (nSPS) is 13.1. The third kappa shape index (κ3) is 3.92. The lowest BCUT2D eigenvalue weighted by Gasteiger charge is -2.19. The number of likely N-dealkylation sites (N-methyl/N-ethyl adjacent to an activating group) is 1. The van der Waals surface area contributed by atoms with Crippen LogP contribution < -0.4 is 0 Å². The van der Waals surface area contributed by atoms with Gasteiger partial charge in [0.2, 0.25) is 5.91 Å². The molecule has 0 saturated heterocycles. The molecule has 0 bridgehead atoms. The Bertz CT molecular complexity index is 621. The molecule has 1 unspecified atom stereocenters. The molecule has 1 rings (SSSR count). The van der Waals surface area contributed by atoms with E-state index < -0.39 is 27.8 Å². The van der Waals surface area contributed by atoms with Crippen molar-refractivity contribution in [3.05, 3.63) is 41.8 Å². The van der Waals surface area contributed by atoms with Crippen LogP contribution in [0.15, 0.2) is 46.7 Å². The van der Waals surface area contributed by atoms with Crippen LogP contribution in [-0.4, -0.2) is 43.4 Å². The zero-order chi connectivity index (χ0) is 15.3. The monoisotopic (exact) mass is 297 g/mol. The Balaban J connectivity index is 2.88. The van der Waals surface area contributed by atoms with Gasteiger partial charge in [0.05, 0.1) is 4.90 Å². The number of carbonyl (C=O) groups is 2. The predicted octanol–water partition coefficient (Wildman–Crippen LogP) is 0.905. The number of amides is 1. The summed E-state index contributed by atoms with van der Waals surface area (Å²) in [6.07, 6.45) is 0.849. The number of hydrogen-bond donors (Lipinski definition) is 1. The molecule has 0 fully saturated rings. The summed E-state index contributed by atoms with van der Waals surface area (Å²) in [5.74, 6) is -1.86. The summed E-state index contributed by atoms with van der Waals surface area (Å²) in [6, 6.07) is 6.60. The Hall–Kier alpha value is -2.15. The van der Waals surface area contributed by atoms with Gasteiger partial charge in [-0.05, 0) is 19.1 Å². The molecule has 1 amide bonds. The number of hydrogen-bond acceptors (Lipinski definition) is 4. The first-order chi connectivity index (χ1) is 9.25. The summed E-state index contributed by atoms with van der Waals surface area (Å²) in [5, 5.41) is 9.54. The Morgan fingerprint density at radius 1 is 1.25 bits per heavy atom. The minimum absolute atomic E-state index is 0.0676. The Morgan fingerprint density at radius 2 is 1.80 bits per heavy atom. The van der Waals surface area contributed by atoms with Crippen molar-refractivity contribution in [2.24, 2.45) is 0 Å². The second-order valence-electron chi connectivity index (χ2n) is 4.12. The summed E-state index contributed by atoms with van der Waals surface area (Å²) in [7, 11) is -2.42. The predicted molar refractivity (Wildman–Crippen MR) is 72.6 cm³/mol. The molecule has 20 heavy (non-hydrogen) atoms. The van der Waals surface area contributed by atoms with Crippen LogP contribution in [0.4, 0.5) is 0 Å². The van der Waals surface area contributed by atoms with Crippen molar-refractivity contribution in [1.82, 2.24) is 4.90 Å². The molecular weight excluding hydrogens is 282 g/mol. The Labute approximate surface area is 117 Å². The maximum Gasteiger partial charge on any atom is 0.326 e. The fourth-order valence-corrected chi connectivity index (χ4v) is 2.30. The summed E-state index contributed by atoms with van der Waals surface area (Å²) in [5.41, 5.74) is 0. The van der Waals surface area contributed by atoms with Crippen LogP contribution in [-0.2, 0) is 19.4 Å². The first-order valence-electron chi connectivity index (χ1n) is 5.73. The van der Waals surface area contributed by atoms with Crippen molar-refractivity contribution in [2.75, 3.05) is 7.05 Å². The summed E-state index contributed by atoms with van der Waals surface area (Å²) in [6.45, 7) is 1.33. The number of nitrogens with zero attached hydrogens (tertiary/aromatic N) is 1. The second-order valence-corrected chi connectivity index (χ2v) is 5.96. The van der Waals surface area contributed by atoms with Crippen molar-refractivity contribution in [3.63, 3.8) is 0 Å². The molecule has 0 aliphatic heterocycles. The molecular formula is C13H15NO5S. The van der Waals surface area contributed by atoms with Crippen molar-refractivity contribution in [1.29, 1.82) is 0 Å². The van der Waals surface area contributed by atoms with Gasteiger partial charge in [0, 0.05) is 18.5 Å². The average molecular weight is 297 g/mol. The van der Waals surface area contributed by atoms with Gasteiger partial charge in [-0.3, -0.25) is 4.79 Å². The molecule has 0 radical (unpaired) electrons. The summed E-state index contributed by atoms with van der Waals surface area (Å²) < 4.78 is 23.8. The first kappa shape index (κ1) is 15.9. The molecule has 1 N–H and O–H groups in total. The second kappa shape index (κ2) is 6.33. The van der Waals surface area contributed by atoms with Gasteiger partial charge in [-0.2, -0.15) is 0 Å². The third-order valence-electron chi connectivity index (χ3n) is 2.75. The summed E-state index contributed by atoms with van der Waals surface area (Å²) >= 11 is 0. The Kier molecular flexibility index (Phi) is 5.04. The standard InChI is InChI=1S/C13H15NO5S/c1-10(13(16)17)14(2)12(15)8-9-20(18,19)11-6-4-3-5-7-11/h3-10H,1-2H3,(H,16,17). The van der Waals surface area contributed by atoms with Crippen LogP contribution in [0.5, 0.6) is 0 Å². The van der Waals surface area contributed by atoms with E-state index in [0.717, 1.165) is 16.4 Å². The molecule has 0 aromatic heterocycles. The van der Waals surface area contributed by atoms with E-state index in [4.69, 9.17) is 5.11 Å². The third-order valence-corrected chi connectivity index (χ3v) is 4.17. The molecule has 7 heteroatoms. The van der Waals surface area contributed by atoms with Gasteiger partial charge in [-0.1, -0.05) is 18.2 Å². The molecule has 1 aromatic rings. The zero-order valence-electron chi connectivity index (χ0n) is 11.1. The molecule has 0 saturated carbocycles. The SMILES string of the molecule is CC(C(=O)O)N(C)C(=O)C=CS(=O)(=O)c1ccccc1. The largest absolute Gasteiger partial charge is 0.480 e. The maximum atomic E-state index is 11.9. The maximum absolute atomic E-state index is 11.9. The van der Waals surface area contributed by atoms with E-state index in [0.29, 0.717) is 0 Å². The van der Waals surface area contributed by atoms with Gasteiger partial charge >= 0.3 is 5.97 Å². The number of carboxylic acids is 1. The van der Waals surface area contributed by atoms with E-state index in [1.165, 1.54) is 26.1 Å². The molecule has 0 aliphatic carbocycles. The zero-order valence-corrected chi connectivity index (χ0v) is 11.9. The minimum Gasteiger partial charge on any atom is -0.480 e. The highest BCUT2D eigenvalue weighted by molar-refractivity contribution is 7.94. The van der Waals surface area contributed by atoms with E-state index in [1.807, 2.05) is 0 Å². The van der Waals surface area contributed by atoms with Crippen LogP contribution in [0.25, 0.3) is 0 Å². The fraction of sp³-hybridized carbons (Fsp3) is 0.231. The molecule has 1 aromatic carbocycles. The van der Waals surface area contributed by atoms with Crippen LogP contribution in [0.1, 0.15) is 6.92 Å². The van der Waals surface area contributed by atoms with Crippen molar-refractivity contribution >= 4 is 21.7 Å². The number of benzene rings is 1. The smallest absolute Gasteiger partial charge is 0.326 e. The van der Waals surface area contributed by atoms with Crippen molar-refractivity contribution in [3.8, 4) is 0 Å². The number of sulfone groups is 1. The average Bonchev–Trinajstić information content (AvgIpc) is 2.44. The van der Waals surface area contributed by atoms with Crippen molar-refractivity contribution in [2.45, 2.75) is 17.9 Å². The molecule has 0 aliphatic rings. The minimum atomic E-state index is -3.71. The molecule has 0 spiro atoms. The van der Waals surface area contributed by atoms with Gasteiger partial charge in [0.1, 0.15) is 6.04 Å². The highest BCUT2D eigenvalue weighted by Gasteiger charge is 2.20. The van der Waals surface area contributed by atoms with Crippen LogP contribution >= 0.6 is 0 Å². The highest BCUT2D eigenvalue weighted by Crippen LogP contribution is 2.11. The fourth-order valence-electron chi connectivity index (χ4n) is 1.31. The van der Waals surface area contributed by atoms with Crippen LogP contribution in [0, 0.1) is 0 Å². The van der Waals surface area contributed by atoms with E-state index in [-0.39, 0.29) is 4.90 Å². The quantitative estimate of drug-likeness (QED) is 0.815. The highest BCUT2D eigenvalue weighted by atomic mass is 32.2. The van der Waals surface area contributed by atoms with Crippen molar-refractivity contribution < 1.29 is 23.1 Å². The van der Waals surface area contributed by atoms with E-state index in [9.17, 15) is 18.0 Å². The number of carbonyl (C=O) groups excluding carboxylic acids is 1. The number of carboxylic acid groups (broad SMARTS) is 1. The molecule has 0 heterocycles. The van der Waals surface area contributed by atoms with E-state index in [1.54, 1.807) is 18.2 Å². The number of rotatable bonds is 5. The van der Waals surface area contributed by atoms with Crippen LogP contribution in [0.2, 0.25) is 0 Å². The van der Waals surface area contributed by atoms with Crippen LogP contribution in [0.3, 0.4) is 0 Å². The van der Waals surface area contributed by atoms with Gasteiger partial charge < -0.3 is 10.0 Å². The lowest BCUT2D eigenvalue weighted by Crippen LogP contribution is -2.39. The molecule has 6 nitrogen and oxygen atoms in total. The molecule has 108 valence electrons. The number of aliphatic carboxylic acids is 1.